The molecular weight excluding hydrogens is 190 g/mol. The molecule has 0 atom stereocenters. The molecule has 0 unspecified atom stereocenters. The molecule has 2 rings (SSSR count). The molecule has 0 radical (unpaired) electrons. The van der Waals surface area contributed by atoms with Crippen molar-refractivity contribution in [3.8, 4) is 5.75 Å². The van der Waals surface area contributed by atoms with Crippen LogP contribution in [0.3, 0.4) is 0 Å². The third-order valence-corrected chi connectivity index (χ3v) is 2.46. The molecule has 1 aliphatic rings. The molecule has 0 spiro atoms. The predicted molar refractivity (Wildman–Crippen MR) is 59.8 cm³/mol. The summed E-state index contributed by atoms with van der Waals surface area (Å²) in [6, 6.07) is 5.64. The summed E-state index contributed by atoms with van der Waals surface area (Å²) in [5, 5.41) is 0. The van der Waals surface area contributed by atoms with Crippen LogP contribution in [0.1, 0.15) is 23.2 Å². The first-order valence-electron chi connectivity index (χ1n) is 5.14. The van der Waals surface area contributed by atoms with E-state index in [1.807, 2.05) is 31.1 Å². The molecular formula is C12H15NO2. The Morgan fingerprint density at radius 2 is 2.13 bits per heavy atom. The Labute approximate surface area is 89.7 Å². The minimum atomic E-state index is 0.320. The van der Waals surface area contributed by atoms with E-state index in [-0.39, 0.29) is 0 Å². The molecule has 0 heterocycles. The molecule has 15 heavy (non-hydrogen) atoms. The fourth-order valence-electron chi connectivity index (χ4n) is 1.37. The van der Waals surface area contributed by atoms with E-state index in [1.165, 1.54) is 0 Å². The zero-order valence-electron chi connectivity index (χ0n) is 9.06. The molecule has 0 bridgehead atoms. The molecule has 1 aromatic rings. The van der Waals surface area contributed by atoms with Crippen molar-refractivity contribution < 1.29 is 9.53 Å². The second-order valence-corrected chi connectivity index (χ2v) is 4.05. The molecule has 0 saturated heterocycles. The summed E-state index contributed by atoms with van der Waals surface area (Å²) in [7, 11) is 3.94. The lowest BCUT2D eigenvalue weighted by atomic mass is 10.2. The predicted octanol–water partition coefficient (Wildman–Crippen LogP) is 2.11. The van der Waals surface area contributed by atoms with E-state index >= 15 is 0 Å². The van der Waals surface area contributed by atoms with Crippen molar-refractivity contribution in [1.82, 2.24) is 0 Å². The molecule has 3 nitrogen and oxygen atoms in total. The SMILES string of the molecule is CN(C)c1ccc(C=O)c(OC2CC2)c1. The van der Waals surface area contributed by atoms with E-state index in [2.05, 4.69) is 0 Å². The number of rotatable bonds is 4. The van der Waals surface area contributed by atoms with Gasteiger partial charge in [-0.05, 0) is 25.0 Å². The van der Waals surface area contributed by atoms with Crippen LogP contribution < -0.4 is 9.64 Å². The number of aldehydes is 1. The van der Waals surface area contributed by atoms with Gasteiger partial charge in [0.05, 0.1) is 11.7 Å². The van der Waals surface area contributed by atoms with E-state index in [1.54, 1.807) is 6.07 Å². The summed E-state index contributed by atoms with van der Waals surface area (Å²) in [4.78, 5) is 12.8. The lowest BCUT2D eigenvalue weighted by molar-refractivity contribution is 0.111. The molecule has 80 valence electrons. The van der Waals surface area contributed by atoms with Gasteiger partial charge in [-0.15, -0.1) is 0 Å². The number of hydrogen-bond donors (Lipinski definition) is 0. The number of carbonyl (C=O) groups is 1. The third kappa shape index (κ3) is 2.29. The summed E-state index contributed by atoms with van der Waals surface area (Å²) in [5.74, 6) is 0.707. The van der Waals surface area contributed by atoms with Gasteiger partial charge in [-0.3, -0.25) is 4.79 Å². The quantitative estimate of drug-likeness (QED) is 0.705. The molecule has 1 saturated carbocycles. The van der Waals surface area contributed by atoms with E-state index in [0.717, 1.165) is 24.8 Å². The normalized spacial score (nSPS) is 14.8. The standard InChI is InChI=1S/C12H15NO2/c1-13(2)10-4-3-9(8-14)12(7-10)15-11-5-6-11/h3-4,7-8,11H,5-6H2,1-2H3. The maximum absolute atomic E-state index is 10.8. The molecule has 1 aliphatic carbocycles. The first-order chi connectivity index (χ1) is 7.20. The maximum atomic E-state index is 10.8. The number of hydrogen-bond acceptors (Lipinski definition) is 3. The van der Waals surface area contributed by atoms with Gasteiger partial charge in [0.15, 0.2) is 6.29 Å². The Balaban J connectivity index is 2.28. The Morgan fingerprint density at radius 1 is 1.40 bits per heavy atom. The number of ether oxygens (including phenoxy) is 1. The van der Waals surface area contributed by atoms with Gasteiger partial charge in [-0.25, -0.2) is 0 Å². The van der Waals surface area contributed by atoms with Crippen LogP contribution in [0.5, 0.6) is 5.75 Å². The zero-order valence-corrected chi connectivity index (χ0v) is 9.06. The van der Waals surface area contributed by atoms with Gasteiger partial charge in [0.1, 0.15) is 5.75 Å². The highest BCUT2D eigenvalue weighted by Crippen LogP contribution is 2.31. The molecule has 0 N–H and O–H groups in total. The average Bonchev–Trinajstić information content (AvgIpc) is 3.01. The van der Waals surface area contributed by atoms with Crippen LogP contribution in [0.4, 0.5) is 5.69 Å². The van der Waals surface area contributed by atoms with Crippen molar-refractivity contribution in [2.45, 2.75) is 18.9 Å². The van der Waals surface area contributed by atoms with Crippen molar-refractivity contribution in [2.24, 2.45) is 0 Å². The van der Waals surface area contributed by atoms with Gasteiger partial charge in [0.25, 0.3) is 0 Å². The summed E-state index contributed by atoms with van der Waals surface area (Å²) in [6.45, 7) is 0. The molecule has 1 aromatic carbocycles. The van der Waals surface area contributed by atoms with Crippen LogP contribution in [0.15, 0.2) is 18.2 Å². The Bertz CT molecular complexity index is 370. The number of carbonyl (C=O) groups excluding carboxylic acids is 1. The monoisotopic (exact) mass is 205 g/mol. The minimum Gasteiger partial charge on any atom is -0.490 e. The summed E-state index contributed by atoms with van der Waals surface area (Å²) in [5.41, 5.74) is 1.68. The smallest absolute Gasteiger partial charge is 0.153 e. The third-order valence-electron chi connectivity index (χ3n) is 2.46. The van der Waals surface area contributed by atoms with Crippen molar-refractivity contribution >= 4 is 12.0 Å². The highest BCUT2D eigenvalue weighted by molar-refractivity contribution is 5.80. The number of anilines is 1. The molecule has 3 heteroatoms. The largest absolute Gasteiger partial charge is 0.490 e. The van der Waals surface area contributed by atoms with Crippen LogP contribution in [-0.4, -0.2) is 26.5 Å². The molecule has 1 fully saturated rings. The fraction of sp³-hybridized carbons (Fsp3) is 0.417. The van der Waals surface area contributed by atoms with E-state index in [4.69, 9.17) is 4.74 Å². The lowest BCUT2D eigenvalue weighted by Gasteiger charge is -2.15. The van der Waals surface area contributed by atoms with Gasteiger partial charge in [-0.2, -0.15) is 0 Å². The van der Waals surface area contributed by atoms with Crippen LogP contribution in [-0.2, 0) is 0 Å². The van der Waals surface area contributed by atoms with Crippen LogP contribution in [0.2, 0.25) is 0 Å². The summed E-state index contributed by atoms with van der Waals surface area (Å²) in [6.07, 6.45) is 3.37. The first kappa shape index (κ1) is 10.0. The molecule has 0 aliphatic heterocycles. The highest BCUT2D eigenvalue weighted by atomic mass is 16.5. The van der Waals surface area contributed by atoms with Crippen LogP contribution in [0, 0.1) is 0 Å². The topological polar surface area (TPSA) is 29.5 Å². The van der Waals surface area contributed by atoms with Gasteiger partial charge in [0.2, 0.25) is 0 Å². The van der Waals surface area contributed by atoms with Gasteiger partial charge >= 0.3 is 0 Å². The number of nitrogens with zero attached hydrogens (tertiary/aromatic N) is 1. The second-order valence-electron chi connectivity index (χ2n) is 4.05. The highest BCUT2D eigenvalue weighted by Gasteiger charge is 2.24. The fourth-order valence-corrected chi connectivity index (χ4v) is 1.37. The maximum Gasteiger partial charge on any atom is 0.153 e. The number of benzene rings is 1. The van der Waals surface area contributed by atoms with Gasteiger partial charge < -0.3 is 9.64 Å². The van der Waals surface area contributed by atoms with Crippen molar-refractivity contribution in [1.29, 1.82) is 0 Å². The Morgan fingerprint density at radius 3 is 2.67 bits per heavy atom. The van der Waals surface area contributed by atoms with E-state index in [9.17, 15) is 4.79 Å². The molecule has 0 amide bonds. The van der Waals surface area contributed by atoms with Crippen molar-refractivity contribution in [2.75, 3.05) is 19.0 Å². The van der Waals surface area contributed by atoms with E-state index in [0.29, 0.717) is 17.4 Å². The average molecular weight is 205 g/mol. The zero-order chi connectivity index (χ0) is 10.8. The summed E-state index contributed by atoms with van der Waals surface area (Å²) < 4.78 is 5.68. The second kappa shape index (κ2) is 3.93. The van der Waals surface area contributed by atoms with Gasteiger partial charge in [0, 0.05) is 25.8 Å². The van der Waals surface area contributed by atoms with E-state index < -0.39 is 0 Å². The Hall–Kier alpha value is -1.51. The summed E-state index contributed by atoms with van der Waals surface area (Å²) >= 11 is 0. The first-order valence-corrected chi connectivity index (χ1v) is 5.14. The molecule has 0 aromatic heterocycles. The van der Waals surface area contributed by atoms with Crippen LogP contribution >= 0.6 is 0 Å². The Kier molecular flexibility index (Phi) is 2.62. The van der Waals surface area contributed by atoms with Crippen molar-refractivity contribution in [3.63, 3.8) is 0 Å². The van der Waals surface area contributed by atoms with Gasteiger partial charge in [-0.1, -0.05) is 0 Å². The lowest BCUT2D eigenvalue weighted by Crippen LogP contribution is -2.09. The van der Waals surface area contributed by atoms with Crippen molar-refractivity contribution in [3.05, 3.63) is 23.8 Å². The van der Waals surface area contributed by atoms with Crippen LogP contribution in [0.25, 0.3) is 0 Å². The minimum absolute atomic E-state index is 0.320.